The molecule has 1 aliphatic rings. The normalized spacial score (nSPS) is 22.4. The average Bonchev–Trinajstić information content (AvgIpc) is 3.00. The number of hydrogen-bond donors (Lipinski definition) is 0. The number of hydrogen-bond acceptors (Lipinski definition) is 3. The molecule has 1 saturated heterocycles. The van der Waals surface area contributed by atoms with Crippen LogP contribution < -0.4 is 0 Å². The molecule has 1 aromatic rings. The molecule has 23 heavy (non-hydrogen) atoms. The van der Waals surface area contributed by atoms with Gasteiger partial charge in [-0.25, -0.2) is 0 Å². The Labute approximate surface area is 134 Å². The van der Waals surface area contributed by atoms with Crippen LogP contribution in [0.2, 0.25) is 0 Å². The molecule has 130 valence electrons. The van der Waals surface area contributed by atoms with Gasteiger partial charge < -0.3 is 9.80 Å². The Morgan fingerprint density at radius 3 is 2.39 bits per heavy atom. The van der Waals surface area contributed by atoms with E-state index in [1.54, 1.807) is 13.8 Å². The summed E-state index contributed by atoms with van der Waals surface area (Å²) in [4.78, 5) is 16.1. The fraction of sp³-hybridized carbons (Fsp3) is 0.733. The highest BCUT2D eigenvalue weighted by molar-refractivity contribution is 5.95. The van der Waals surface area contributed by atoms with Crippen molar-refractivity contribution in [1.29, 1.82) is 0 Å². The van der Waals surface area contributed by atoms with Crippen LogP contribution in [0.25, 0.3) is 0 Å². The Morgan fingerprint density at radius 1 is 1.35 bits per heavy atom. The second-order valence-corrected chi connectivity index (χ2v) is 6.66. The van der Waals surface area contributed by atoms with Gasteiger partial charge in [0.2, 0.25) is 0 Å². The van der Waals surface area contributed by atoms with Crippen molar-refractivity contribution >= 4 is 5.91 Å². The first kappa shape index (κ1) is 17.8. The lowest BCUT2D eigenvalue weighted by Crippen LogP contribution is -2.36. The summed E-state index contributed by atoms with van der Waals surface area (Å²) in [7, 11) is 3.82. The Morgan fingerprint density at radius 2 is 1.96 bits per heavy atom. The van der Waals surface area contributed by atoms with E-state index < -0.39 is 23.8 Å². The molecule has 0 aliphatic carbocycles. The van der Waals surface area contributed by atoms with E-state index in [1.165, 1.54) is 4.90 Å². The van der Waals surface area contributed by atoms with Gasteiger partial charge in [-0.15, -0.1) is 0 Å². The molecule has 0 saturated carbocycles. The minimum Gasteiger partial charge on any atom is -0.337 e. The monoisotopic (exact) mass is 332 g/mol. The Balaban J connectivity index is 2.34. The molecule has 0 aromatic carbocycles. The molecule has 2 rings (SSSR count). The van der Waals surface area contributed by atoms with E-state index in [9.17, 15) is 18.0 Å². The molecular formula is C15H23F3N4O. The zero-order valence-corrected chi connectivity index (χ0v) is 14.1. The van der Waals surface area contributed by atoms with Gasteiger partial charge in [-0.3, -0.25) is 9.48 Å². The molecule has 1 aromatic heterocycles. The Kier molecular flexibility index (Phi) is 4.75. The first-order valence-corrected chi connectivity index (χ1v) is 7.64. The lowest BCUT2D eigenvalue weighted by Gasteiger charge is -2.22. The number of nitrogens with zero attached hydrogens (tertiary/aromatic N) is 4. The van der Waals surface area contributed by atoms with Gasteiger partial charge in [0.25, 0.3) is 5.91 Å². The highest BCUT2D eigenvalue weighted by Crippen LogP contribution is 2.34. The van der Waals surface area contributed by atoms with Crippen molar-refractivity contribution in [3.8, 4) is 0 Å². The average molecular weight is 332 g/mol. The zero-order valence-electron chi connectivity index (χ0n) is 14.1. The molecule has 2 heterocycles. The smallest absolute Gasteiger partial charge is 0.337 e. The minimum atomic E-state index is -4.61. The summed E-state index contributed by atoms with van der Waals surface area (Å²) >= 11 is 0. The largest absolute Gasteiger partial charge is 0.433 e. The van der Waals surface area contributed by atoms with E-state index in [2.05, 4.69) is 5.10 Å². The van der Waals surface area contributed by atoms with Gasteiger partial charge in [-0.2, -0.15) is 18.3 Å². The van der Waals surface area contributed by atoms with Gasteiger partial charge in [-0.05, 0) is 33.9 Å². The molecular weight excluding hydrogens is 309 g/mol. The van der Waals surface area contributed by atoms with Crippen LogP contribution in [0.1, 0.15) is 42.9 Å². The van der Waals surface area contributed by atoms with Gasteiger partial charge in [0.05, 0.1) is 11.8 Å². The maximum atomic E-state index is 13.4. The van der Waals surface area contributed by atoms with Crippen molar-refractivity contribution in [2.24, 2.45) is 5.92 Å². The number of amides is 1. The SMILES string of the molecule is CC(C)n1ncc(C(=O)N2C[C@H](C)[C@@H](N(C)C)C2)c1C(F)(F)F. The van der Waals surface area contributed by atoms with Crippen LogP contribution in [-0.2, 0) is 6.18 Å². The minimum absolute atomic E-state index is 0.147. The van der Waals surface area contributed by atoms with Gasteiger partial charge in [0.15, 0.2) is 5.69 Å². The van der Waals surface area contributed by atoms with Crippen molar-refractivity contribution in [2.75, 3.05) is 27.2 Å². The van der Waals surface area contributed by atoms with E-state index in [4.69, 9.17) is 0 Å². The second-order valence-electron chi connectivity index (χ2n) is 6.66. The number of carbonyl (C=O) groups is 1. The van der Waals surface area contributed by atoms with E-state index >= 15 is 0 Å². The number of likely N-dealkylation sites (tertiary alicyclic amines) is 1. The van der Waals surface area contributed by atoms with Crippen LogP contribution in [0.15, 0.2) is 6.20 Å². The standard InChI is InChI=1S/C15H23F3N4O/c1-9(2)22-13(15(16,17)18)11(6-19-22)14(23)21-7-10(3)12(8-21)20(4)5/h6,9-10,12H,7-8H2,1-5H3/t10-,12-/m0/s1. The van der Waals surface area contributed by atoms with E-state index in [-0.39, 0.29) is 17.5 Å². The number of rotatable bonds is 3. The summed E-state index contributed by atoms with van der Waals surface area (Å²) in [5.74, 6) is -0.385. The topological polar surface area (TPSA) is 41.4 Å². The molecule has 0 unspecified atom stereocenters. The fourth-order valence-electron chi connectivity index (χ4n) is 3.15. The number of likely N-dealkylation sites (N-methyl/N-ethyl adjacent to an activating group) is 1. The molecule has 1 amide bonds. The highest BCUT2D eigenvalue weighted by Gasteiger charge is 2.43. The quantitative estimate of drug-likeness (QED) is 0.854. The maximum absolute atomic E-state index is 13.4. The Bertz CT molecular complexity index is 580. The fourth-order valence-corrected chi connectivity index (χ4v) is 3.15. The lowest BCUT2D eigenvalue weighted by molar-refractivity contribution is -0.145. The van der Waals surface area contributed by atoms with Crippen molar-refractivity contribution in [1.82, 2.24) is 19.6 Å². The van der Waals surface area contributed by atoms with E-state index in [1.807, 2.05) is 25.9 Å². The predicted molar refractivity (Wildman–Crippen MR) is 80.2 cm³/mol. The second kappa shape index (κ2) is 6.14. The number of alkyl halides is 3. The third-order valence-electron chi connectivity index (χ3n) is 4.31. The van der Waals surface area contributed by atoms with Gasteiger partial charge >= 0.3 is 6.18 Å². The molecule has 0 spiro atoms. The van der Waals surface area contributed by atoms with E-state index in [0.29, 0.717) is 13.1 Å². The molecule has 1 aliphatic heterocycles. The molecule has 0 N–H and O–H groups in total. The summed E-state index contributed by atoms with van der Waals surface area (Å²) in [5.41, 5.74) is -1.32. The lowest BCUT2D eigenvalue weighted by atomic mass is 10.1. The van der Waals surface area contributed by atoms with Crippen LogP contribution in [-0.4, -0.2) is 58.7 Å². The molecule has 0 radical (unpaired) electrons. The third-order valence-corrected chi connectivity index (χ3v) is 4.31. The first-order chi connectivity index (χ1) is 10.5. The number of halogens is 3. The van der Waals surface area contributed by atoms with Crippen molar-refractivity contribution in [3.05, 3.63) is 17.5 Å². The van der Waals surface area contributed by atoms with Crippen molar-refractivity contribution in [2.45, 2.75) is 39.0 Å². The molecule has 0 bridgehead atoms. The van der Waals surface area contributed by atoms with Crippen LogP contribution in [0.3, 0.4) is 0 Å². The van der Waals surface area contributed by atoms with Crippen molar-refractivity contribution in [3.63, 3.8) is 0 Å². The number of aromatic nitrogens is 2. The summed E-state index contributed by atoms with van der Waals surface area (Å²) in [5, 5.41) is 3.79. The summed E-state index contributed by atoms with van der Waals surface area (Å²) in [6, 6.07) is -0.325. The highest BCUT2D eigenvalue weighted by atomic mass is 19.4. The van der Waals surface area contributed by atoms with Crippen LogP contribution >= 0.6 is 0 Å². The summed E-state index contributed by atoms with van der Waals surface area (Å²) in [6.07, 6.45) is -3.57. The molecule has 1 fully saturated rings. The van der Waals surface area contributed by atoms with E-state index in [0.717, 1.165) is 10.9 Å². The van der Waals surface area contributed by atoms with Crippen molar-refractivity contribution < 1.29 is 18.0 Å². The third kappa shape index (κ3) is 3.36. The molecule has 8 heteroatoms. The van der Waals surface area contributed by atoms with Crippen LogP contribution in [0, 0.1) is 5.92 Å². The van der Waals surface area contributed by atoms with Gasteiger partial charge in [-0.1, -0.05) is 6.92 Å². The Hall–Kier alpha value is -1.57. The molecule has 2 atom stereocenters. The first-order valence-electron chi connectivity index (χ1n) is 7.64. The predicted octanol–water partition coefficient (Wildman–Crippen LogP) is 2.50. The summed E-state index contributed by atoms with van der Waals surface area (Å²) < 4.78 is 41.0. The van der Waals surface area contributed by atoms with Crippen LogP contribution in [0.5, 0.6) is 0 Å². The number of carbonyl (C=O) groups excluding carboxylic acids is 1. The molecule has 5 nitrogen and oxygen atoms in total. The van der Waals surface area contributed by atoms with Gasteiger partial charge in [0, 0.05) is 25.2 Å². The van der Waals surface area contributed by atoms with Gasteiger partial charge in [0.1, 0.15) is 0 Å². The zero-order chi connectivity index (χ0) is 17.5. The summed E-state index contributed by atoms with van der Waals surface area (Å²) in [6.45, 7) is 6.09. The maximum Gasteiger partial charge on any atom is 0.433 e. The van der Waals surface area contributed by atoms with Crippen LogP contribution in [0.4, 0.5) is 13.2 Å².